The molecule has 2 aromatic rings. The number of aryl methyl sites for hydroxylation is 2. The van der Waals surface area contributed by atoms with Gasteiger partial charge in [0.15, 0.2) is 0 Å². The fourth-order valence-electron chi connectivity index (χ4n) is 1.64. The molecule has 0 aliphatic carbocycles. The van der Waals surface area contributed by atoms with Crippen molar-refractivity contribution < 1.29 is 4.79 Å². The van der Waals surface area contributed by atoms with Crippen LogP contribution in [0.5, 0.6) is 0 Å². The lowest BCUT2D eigenvalue weighted by Gasteiger charge is -2.08. The van der Waals surface area contributed by atoms with Crippen LogP contribution >= 0.6 is 0 Å². The van der Waals surface area contributed by atoms with Crippen LogP contribution in [0, 0.1) is 13.8 Å². The molecule has 1 heterocycles. The average Bonchev–Trinajstić information content (AvgIpc) is 2.33. The van der Waals surface area contributed by atoms with E-state index in [0.29, 0.717) is 5.69 Å². The molecule has 0 fully saturated rings. The first kappa shape index (κ1) is 12.8. The molecular weight excluding hydrogens is 246 g/mol. The summed E-state index contributed by atoms with van der Waals surface area (Å²) >= 11 is 0. The molecule has 2 rings (SSSR count). The molecule has 98 valence electrons. The number of benzene rings is 1. The molecule has 0 saturated heterocycles. The Kier molecular flexibility index (Phi) is 3.33. The standard InChI is InChI=1S/C13H13N3O3/c1-7-3-4-8(2)10(5-7)15-11(17)9-6-14-13(19)16-12(9)18/h3-6H,1-2H3,(H,15,17)(H2,14,16,18,19). The van der Waals surface area contributed by atoms with Gasteiger partial charge in [-0.2, -0.15) is 0 Å². The van der Waals surface area contributed by atoms with Gasteiger partial charge in [0.25, 0.3) is 11.5 Å². The molecule has 6 heteroatoms. The van der Waals surface area contributed by atoms with Crippen LogP contribution < -0.4 is 16.6 Å². The number of H-pyrrole nitrogens is 2. The Labute approximate surface area is 108 Å². The van der Waals surface area contributed by atoms with Crippen LogP contribution in [0.1, 0.15) is 21.5 Å². The van der Waals surface area contributed by atoms with Gasteiger partial charge in [0.05, 0.1) is 0 Å². The van der Waals surface area contributed by atoms with Crippen molar-refractivity contribution in [2.75, 3.05) is 5.32 Å². The Hall–Kier alpha value is -2.63. The molecule has 0 atom stereocenters. The van der Waals surface area contributed by atoms with Gasteiger partial charge in [0, 0.05) is 11.9 Å². The Morgan fingerprint density at radius 2 is 1.95 bits per heavy atom. The second-order valence-corrected chi connectivity index (χ2v) is 4.26. The van der Waals surface area contributed by atoms with Crippen LogP contribution in [0.2, 0.25) is 0 Å². The number of hydrogen-bond acceptors (Lipinski definition) is 3. The van der Waals surface area contributed by atoms with Gasteiger partial charge in [-0.05, 0) is 31.0 Å². The molecule has 0 saturated carbocycles. The minimum Gasteiger partial charge on any atom is -0.322 e. The minimum atomic E-state index is -0.716. The average molecular weight is 259 g/mol. The van der Waals surface area contributed by atoms with Crippen molar-refractivity contribution >= 4 is 11.6 Å². The van der Waals surface area contributed by atoms with Gasteiger partial charge < -0.3 is 10.3 Å². The summed E-state index contributed by atoms with van der Waals surface area (Å²) in [6.07, 6.45) is 1.10. The predicted octanol–water partition coefficient (Wildman–Crippen LogP) is 0.932. The molecule has 19 heavy (non-hydrogen) atoms. The summed E-state index contributed by atoms with van der Waals surface area (Å²) in [5.74, 6) is -0.564. The van der Waals surface area contributed by atoms with Gasteiger partial charge in [0.1, 0.15) is 5.56 Å². The molecule has 0 spiro atoms. The van der Waals surface area contributed by atoms with E-state index in [1.54, 1.807) is 0 Å². The molecule has 1 amide bonds. The van der Waals surface area contributed by atoms with Crippen LogP contribution in [0.25, 0.3) is 0 Å². The van der Waals surface area contributed by atoms with Crippen molar-refractivity contribution in [3.8, 4) is 0 Å². The summed E-state index contributed by atoms with van der Waals surface area (Å²) in [5, 5.41) is 2.65. The lowest BCUT2D eigenvalue weighted by Crippen LogP contribution is -2.29. The fraction of sp³-hybridized carbons (Fsp3) is 0.154. The van der Waals surface area contributed by atoms with Gasteiger partial charge in [-0.1, -0.05) is 12.1 Å². The highest BCUT2D eigenvalue weighted by molar-refractivity contribution is 6.04. The summed E-state index contributed by atoms with van der Waals surface area (Å²) in [5.41, 5.74) is 1.02. The van der Waals surface area contributed by atoms with E-state index in [1.165, 1.54) is 0 Å². The van der Waals surface area contributed by atoms with E-state index >= 15 is 0 Å². The van der Waals surface area contributed by atoms with Crippen molar-refractivity contribution in [2.45, 2.75) is 13.8 Å². The monoisotopic (exact) mass is 259 g/mol. The Balaban J connectivity index is 2.33. The minimum absolute atomic E-state index is 0.138. The van der Waals surface area contributed by atoms with Gasteiger partial charge in [-0.15, -0.1) is 0 Å². The van der Waals surface area contributed by atoms with Crippen LogP contribution in [-0.2, 0) is 0 Å². The van der Waals surface area contributed by atoms with Crippen molar-refractivity contribution in [1.29, 1.82) is 0 Å². The van der Waals surface area contributed by atoms with Gasteiger partial charge in [0.2, 0.25) is 0 Å². The summed E-state index contributed by atoms with van der Waals surface area (Å²) in [7, 11) is 0. The van der Waals surface area contributed by atoms with Crippen LogP contribution in [0.4, 0.5) is 5.69 Å². The molecule has 6 nitrogen and oxygen atoms in total. The summed E-state index contributed by atoms with van der Waals surface area (Å²) in [6.45, 7) is 3.76. The van der Waals surface area contributed by atoms with Crippen molar-refractivity contribution in [2.24, 2.45) is 0 Å². The zero-order chi connectivity index (χ0) is 14.0. The van der Waals surface area contributed by atoms with E-state index in [1.807, 2.05) is 37.0 Å². The van der Waals surface area contributed by atoms with E-state index in [4.69, 9.17) is 0 Å². The molecule has 0 aliphatic heterocycles. The Morgan fingerprint density at radius 3 is 2.63 bits per heavy atom. The third-order valence-corrected chi connectivity index (χ3v) is 2.71. The number of amides is 1. The molecular formula is C13H13N3O3. The highest BCUT2D eigenvalue weighted by Gasteiger charge is 2.12. The number of anilines is 1. The number of aromatic nitrogens is 2. The first-order chi connectivity index (χ1) is 8.97. The lowest BCUT2D eigenvalue weighted by atomic mass is 10.1. The number of carbonyl (C=O) groups is 1. The SMILES string of the molecule is Cc1ccc(C)c(NC(=O)c2c[nH]c(=O)[nH]c2=O)c1. The van der Waals surface area contributed by atoms with E-state index in [9.17, 15) is 14.4 Å². The maximum atomic E-state index is 12.0. The van der Waals surface area contributed by atoms with Crippen LogP contribution in [0.3, 0.4) is 0 Å². The zero-order valence-corrected chi connectivity index (χ0v) is 10.5. The van der Waals surface area contributed by atoms with Gasteiger partial charge >= 0.3 is 5.69 Å². The van der Waals surface area contributed by atoms with Crippen molar-refractivity contribution in [3.63, 3.8) is 0 Å². The Morgan fingerprint density at radius 1 is 1.21 bits per heavy atom. The lowest BCUT2D eigenvalue weighted by molar-refractivity contribution is 0.102. The van der Waals surface area contributed by atoms with Gasteiger partial charge in [-0.25, -0.2) is 4.79 Å². The van der Waals surface area contributed by atoms with Crippen LogP contribution in [-0.4, -0.2) is 15.9 Å². The molecule has 0 unspecified atom stereocenters. The topological polar surface area (TPSA) is 94.8 Å². The number of nitrogens with one attached hydrogen (secondary N) is 3. The highest BCUT2D eigenvalue weighted by atomic mass is 16.2. The van der Waals surface area contributed by atoms with E-state index in [-0.39, 0.29) is 5.56 Å². The summed E-state index contributed by atoms with van der Waals surface area (Å²) in [4.78, 5) is 38.6. The number of carbonyl (C=O) groups excluding carboxylic acids is 1. The van der Waals surface area contributed by atoms with Crippen molar-refractivity contribution in [3.05, 3.63) is 61.9 Å². The molecule has 1 aromatic carbocycles. The quantitative estimate of drug-likeness (QED) is 0.748. The third kappa shape index (κ3) is 2.79. The molecule has 0 aliphatic rings. The zero-order valence-electron chi connectivity index (χ0n) is 10.5. The first-order valence-electron chi connectivity index (χ1n) is 5.68. The van der Waals surface area contributed by atoms with E-state index < -0.39 is 17.2 Å². The molecule has 0 bridgehead atoms. The predicted molar refractivity (Wildman–Crippen MR) is 71.6 cm³/mol. The molecule has 3 N–H and O–H groups in total. The van der Waals surface area contributed by atoms with E-state index in [2.05, 4.69) is 10.3 Å². The largest absolute Gasteiger partial charge is 0.325 e. The highest BCUT2D eigenvalue weighted by Crippen LogP contribution is 2.16. The number of aromatic amines is 2. The number of hydrogen-bond donors (Lipinski definition) is 3. The summed E-state index contributed by atoms with van der Waals surface area (Å²) < 4.78 is 0. The molecule has 1 aromatic heterocycles. The van der Waals surface area contributed by atoms with E-state index in [0.717, 1.165) is 17.3 Å². The number of rotatable bonds is 2. The third-order valence-electron chi connectivity index (χ3n) is 2.71. The maximum absolute atomic E-state index is 12.0. The second-order valence-electron chi connectivity index (χ2n) is 4.26. The summed E-state index contributed by atoms with van der Waals surface area (Å²) in [6, 6.07) is 5.62. The Bertz CT molecular complexity index is 743. The maximum Gasteiger partial charge on any atom is 0.325 e. The smallest absolute Gasteiger partial charge is 0.322 e. The normalized spacial score (nSPS) is 10.2. The van der Waals surface area contributed by atoms with Crippen molar-refractivity contribution in [1.82, 2.24) is 9.97 Å². The molecule has 0 radical (unpaired) electrons. The first-order valence-corrected chi connectivity index (χ1v) is 5.68. The van der Waals surface area contributed by atoms with Gasteiger partial charge in [-0.3, -0.25) is 14.6 Å². The van der Waals surface area contributed by atoms with Crippen LogP contribution in [0.15, 0.2) is 34.0 Å². The fourth-order valence-corrected chi connectivity index (χ4v) is 1.64. The second kappa shape index (κ2) is 4.93.